The molecule has 0 fully saturated rings. The van der Waals surface area contributed by atoms with Gasteiger partial charge < -0.3 is 4.98 Å². The first-order valence-electron chi connectivity index (χ1n) is 7.89. The van der Waals surface area contributed by atoms with Gasteiger partial charge in [0.2, 0.25) is 0 Å². The van der Waals surface area contributed by atoms with Crippen LogP contribution >= 0.6 is 11.8 Å². The monoisotopic (exact) mass is 324 g/mol. The van der Waals surface area contributed by atoms with E-state index in [0.29, 0.717) is 16.8 Å². The fourth-order valence-electron chi connectivity index (χ4n) is 2.55. The fourth-order valence-corrected chi connectivity index (χ4v) is 3.42. The van der Waals surface area contributed by atoms with E-state index in [1.54, 1.807) is 17.8 Å². The highest BCUT2D eigenvalue weighted by Gasteiger charge is 2.08. The molecule has 0 amide bonds. The summed E-state index contributed by atoms with van der Waals surface area (Å²) < 4.78 is 0. The highest BCUT2D eigenvalue weighted by molar-refractivity contribution is 7.99. The average Bonchev–Trinajstić information content (AvgIpc) is 2.54. The SMILES string of the molecule is CCC(C)Sc1nc(Cc2cccc3ccccc23)cc(=O)[nH]1. The molecule has 0 spiro atoms. The predicted molar refractivity (Wildman–Crippen MR) is 97.2 cm³/mol. The molecule has 1 aromatic heterocycles. The van der Waals surface area contributed by atoms with Crippen molar-refractivity contribution in [2.24, 2.45) is 0 Å². The van der Waals surface area contributed by atoms with Gasteiger partial charge in [-0.3, -0.25) is 4.79 Å². The summed E-state index contributed by atoms with van der Waals surface area (Å²) in [7, 11) is 0. The zero-order chi connectivity index (χ0) is 16.2. The lowest BCUT2D eigenvalue weighted by Gasteiger charge is -2.09. The van der Waals surface area contributed by atoms with Crippen LogP contribution in [0.4, 0.5) is 0 Å². The van der Waals surface area contributed by atoms with E-state index < -0.39 is 0 Å². The molecule has 1 N–H and O–H groups in total. The number of hydrogen-bond donors (Lipinski definition) is 1. The van der Waals surface area contributed by atoms with Crippen LogP contribution in [0, 0.1) is 0 Å². The highest BCUT2D eigenvalue weighted by atomic mass is 32.2. The fraction of sp³-hybridized carbons (Fsp3) is 0.263. The summed E-state index contributed by atoms with van der Waals surface area (Å²) in [5.41, 5.74) is 1.93. The van der Waals surface area contributed by atoms with Crippen LogP contribution < -0.4 is 5.56 Å². The van der Waals surface area contributed by atoms with Gasteiger partial charge in [0.05, 0.1) is 5.69 Å². The van der Waals surface area contributed by atoms with Gasteiger partial charge in [-0.25, -0.2) is 4.98 Å². The third kappa shape index (κ3) is 3.82. The van der Waals surface area contributed by atoms with Crippen LogP contribution in [0.15, 0.2) is 58.5 Å². The van der Waals surface area contributed by atoms with Crippen LogP contribution in [0.1, 0.15) is 31.5 Å². The molecule has 4 heteroatoms. The van der Waals surface area contributed by atoms with E-state index in [2.05, 4.69) is 54.1 Å². The van der Waals surface area contributed by atoms with E-state index >= 15 is 0 Å². The van der Waals surface area contributed by atoms with Crippen molar-refractivity contribution in [1.29, 1.82) is 0 Å². The first-order chi connectivity index (χ1) is 11.2. The number of aromatic amines is 1. The van der Waals surface area contributed by atoms with E-state index in [1.165, 1.54) is 16.3 Å². The van der Waals surface area contributed by atoms with Crippen molar-refractivity contribution in [2.45, 2.75) is 37.1 Å². The minimum atomic E-state index is -0.0824. The van der Waals surface area contributed by atoms with Gasteiger partial charge in [0.25, 0.3) is 5.56 Å². The van der Waals surface area contributed by atoms with E-state index in [1.807, 2.05) is 12.1 Å². The molecule has 0 aliphatic carbocycles. The number of thioether (sulfide) groups is 1. The molecular formula is C19H20N2OS. The summed E-state index contributed by atoms with van der Waals surface area (Å²) in [5.74, 6) is 0. The third-order valence-corrected chi connectivity index (χ3v) is 5.06. The Hall–Kier alpha value is -2.07. The molecule has 0 aliphatic rings. The van der Waals surface area contributed by atoms with Crippen molar-refractivity contribution in [3.05, 3.63) is 70.1 Å². The molecule has 0 aliphatic heterocycles. The van der Waals surface area contributed by atoms with Crippen molar-refractivity contribution in [3.63, 3.8) is 0 Å². The van der Waals surface area contributed by atoms with Crippen LogP contribution in [-0.4, -0.2) is 15.2 Å². The topological polar surface area (TPSA) is 45.8 Å². The maximum absolute atomic E-state index is 11.9. The zero-order valence-electron chi connectivity index (χ0n) is 13.4. The molecule has 0 saturated heterocycles. The van der Waals surface area contributed by atoms with Crippen LogP contribution in [0.25, 0.3) is 10.8 Å². The predicted octanol–water partition coefficient (Wildman–Crippen LogP) is 4.40. The van der Waals surface area contributed by atoms with Crippen molar-refractivity contribution in [3.8, 4) is 0 Å². The van der Waals surface area contributed by atoms with Crippen molar-refractivity contribution >= 4 is 22.5 Å². The van der Waals surface area contributed by atoms with E-state index in [9.17, 15) is 4.79 Å². The second-order valence-corrected chi connectivity index (χ2v) is 7.12. The summed E-state index contributed by atoms with van der Waals surface area (Å²) in [5, 5.41) is 3.57. The Bertz CT molecular complexity index is 867. The standard InChI is InChI=1S/C19H20N2OS/c1-3-13(2)23-19-20-16(12-18(22)21-19)11-15-9-6-8-14-7-4-5-10-17(14)15/h4-10,12-13H,3,11H2,1-2H3,(H,20,21,22). The van der Waals surface area contributed by atoms with Crippen LogP contribution in [0.3, 0.4) is 0 Å². The second kappa shape index (κ2) is 7.01. The molecule has 23 heavy (non-hydrogen) atoms. The molecule has 3 nitrogen and oxygen atoms in total. The molecular weight excluding hydrogens is 304 g/mol. The quantitative estimate of drug-likeness (QED) is 0.559. The van der Waals surface area contributed by atoms with Gasteiger partial charge in [0, 0.05) is 17.7 Å². The van der Waals surface area contributed by atoms with Gasteiger partial charge in [-0.15, -0.1) is 0 Å². The summed E-state index contributed by atoms with van der Waals surface area (Å²) in [6.45, 7) is 4.28. The summed E-state index contributed by atoms with van der Waals surface area (Å²) in [6, 6.07) is 16.2. The highest BCUT2D eigenvalue weighted by Crippen LogP contribution is 2.23. The normalized spacial score (nSPS) is 12.4. The zero-order valence-corrected chi connectivity index (χ0v) is 14.2. The smallest absolute Gasteiger partial charge is 0.251 e. The first kappa shape index (κ1) is 15.8. The lowest BCUT2D eigenvalue weighted by atomic mass is 10.0. The molecule has 118 valence electrons. The maximum Gasteiger partial charge on any atom is 0.251 e. The Balaban J connectivity index is 1.94. The van der Waals surface area contributed by atoms with Crippen molar-refractivity contribution < 1.29 is 0 Å². The number of rotatable bonds is 5. The van der Waals surface area contributed by atoms with E-state index in [-0.39, 0.29) is 5.56 Å². The Kier molecular flexibility index (Phi) is 4.82. The van der Waals surface area contributed by atoms with Gasteiger partial charge in [-0.05, 0) is 22.8 Å². The third-order valence-electron chi connectivity index (χ3n) is 3.91. The van der Waals surface area contributed by atoms with Gasteiger partial charge in [0.1, 0.15) is 0 Å². The minimum absolute atomic E-state index is 0.0824. The molecule has 0 bridgehead atoms. The molecule has 0 saturated carbocycles. The van der Waals surface area contributed by atoms with Crippen LogP contribution in [0.5, 0.6) is 0 Å². The van der Waals surface area contributed by atoms with Gasteiger partial charge in [0.15, 0.2) is 5.16 Å². The Morgan fingerprint density at radius 2 is 1.96 bits per heavy atom. The van der Waals surface area contributed by atoms with E-state index in [0.717, 1.165) is 12.1 Å². The van der Waals surface area contributed by atoms with Gasteiger partial charge in [-0.2, -0.15) is 0 Å². The van der Waals surface area contributed by atoms with Gasteiger partial charge in [-0.1, -0.05) is 68.1 Å². The lowest BCUT2D eigenvalue weighted by molar-refractivity contribution is 0.854. The summed E-state index contributed by atoms with van der Waals surface area (Å²) in [6.07, 6.45) is 1.71. The molecule has 3 rings (SSSR count). The van der Waals surface area contributed by atoms with Crippen LogP contribution in [-0.2, 0) is 6.42 Å². The minimum Gasteiger partial charge on any atom is -0.301 e. The molecule has 2 aromatic carbocycles. The Morgan fingerprint density at radius 3 is 2.78 bits per heavy atom. The lowest BCUT2D eigenvalue weighted by Crippen LogP contribution is -2.11. The maximum atomic E-state index is 11.9. The summed E-state index contributed by atoms with van der Waals surface area (Å²) in [4.78, 5) is 19.4. The van der Waals surface area contributed by atoms with E-state index in [4.69, 9.17) is 0 Å². The number of aromatic nitrogens is 2. The second-order valence-electron chi connectivity index (χ2n) is 5.69. The largest absolute Gasteiger partial charge is 0.301 e. The number of benzene rings is 2. The number of H-pyrrole nitrogens is 1. The molecule has 0 radical (unpaired) electrons. The van der Waals surface area contributed by atoms with Gasteiger partial charge >= 0.3 is 0 Å². The molecule has 1 atom stereocenters. The van der Waals surface area contributed by atoms with Crippen LogP contribution in [0.2, 0.25) is 0 Å². The molecule has 1 unspecified atom stereocenters. The summed E-state index contributed by atoms with van der Waals surface area (Å²) >= 11 is 1.62. The Morgan fingerprint density at radius 1 is 1.17 bits per heavy atom. The Labute approximate surface area is 140 Å². The number of nitrogens with one attached hydrogen (secondary N) is 1. The number of fused-ring (bicyclic) bond motifs is 1. The van der Waals surface area contributed by atoms with Crippen molar-refractivity contribution in [2.75, 3.05) is 0 Å². The molecule has 1 heterocycles. The first-order valence-corrected chi connectivity index (χ1v) is 8.77. The van der Waals surface area contributed by atoms with Crippen molar-refractivity contribution in [1.82, 2.24) is 9.97 Å². The molecule has 3 aromatic rings. The number of hydrogen-bond acceptors (Lipinski definition) is 3. The number of nitrogens with zero attached hydrogens (tertiary/aromatic N) is 1. The average molecular weight is 324 g/mol.